The van der Waals surface area contributed by atoms with Gasteiger partial charge in [-0.15, -0.1) is 0 Å². The third-order valence-corrected chi connectivity index (χ3v) is 6.46. The van der Waals surface area contributed by atoms with Crippen molar-refractivity contribution in [3.8, 4) is 0 Å². The van der Waals surface area contributed by atoms with Gasteiger partial charge in [-0.25, -0.2) is 0 Å². The fourth-order valence-electron chi connectivity index (χ4n) is 2.45. The van der Waals surface area contributed by atoms with E-state index in [1.165, 1.54) is 0 Å². The van der Waals surface area contributed by atoms with Crippen LogP contribution >= 0.6 is 7.60 Å². The molecule has 0 aliphatic carbocycles. The second-order valence-corrected chi connectivity index (χ2v) is 11.5. The number of ether oxygens (including phenoxy) is 4. The first-order valence-electron chi connectivity index (χ1n) is 9.66. The second-order valence-electron chi connectivity index (χ2n) is 8.90. The highest BCUT2D eigenvalue weighted by molar-refractivity contribution is 7.54. The average Bonchev–Trinajstić information content (AvgIpc) is 2.58. The van der Waals surface area contributed by atoms with E-state index >= 15 is 0 Å². The molecule has 1 heterocycles. The molecule has 0 bridgehead atoms. The number of aliphatic hydroxyl groups excluding tert-OH is 3. The third kappa shape index (κ3) is 8.49. The Bertz CT molecular complexity index is 528. The van der Waals surface area contributed by atoms with Crippen molar-refractivity contribution < 1.29 is 48.2 Å². The van der Waals surface area contributed by atoms with E-state index in [1.807, 2.05) is 20.8 Å². The van der Waals surface area contributed by atoms with Crippen LogP contribution in [0.1, 0.15) is 41.5 Å². The molecule has 1 saturated heterocycles. The van der Waals surface area contributed by atoms with Crippen molar-refractivity contribution >= 4 is 7.60 Å². The molecule has 0 aromatic heterocycles. The van der Waals surface area contributed by atoms with Crippen molar-refractivity contribution in [1.82, 2.24) is 0 Å². The summed E-state index contributed by atoms with van der Waals surface area (Å²) in [5.74, 6) is 0. The van der Waals surface area contributed by atoms with Gasteiger partial charge in [-0.1, -0.05) is 0 Å². The van der Waals surface area contributed by atoms with E-state index in [1.54, 1.807) is 20.8 Å². The summed E-state index contributed by atoms with van der Waals surface area (Å²) < 4.78 is 39.0. The van der Waals surface area contributed by atoms with E-state index in [0.29, 0.717) is 0 Å². The monoisotopic (exact) mass is 444 g/mol. The molecular weight excluding hydrogens is 407 g/mol. The standard InChI is InChI=1S/C18H37O10P/c1-17(2,3)26-9-7-25-16-14(21)13(20)15(12(11-19)28-16)24-8-10-27-29(22,23)18(4,5)6/h12-16,19-21H,7-11H2,1-6H3,(H,22,23). The normalized spacial score (nSPS) is 30.9. The minimum Gasteiger partial charge on any atom is -0.394 e. The van der Waals surface area contributed by atoms with E-state index in [-0.39, 0.29) is 32.0 Å². The van der Waals surface area contributed by atoms with Gasteiger partial charge in [0.25, 0.3) is 0 Å². The van der Waals surface area contributed by atoms with Gasteiger partial charge in [0.1, 0.15) is 24.4 Å². The van der Waals surface area contributed by atoms with Crippen molar-refractivity contribution in [3.63, 3.8) is 0 Å². The molecule has 29 heavy (non-hydrogen) atoms. The predicted octanol–water partition coefficient (Wildman–Crippen LogP) is 0.643. The first kappa shape index (κ1) is 26.9. The second kappa shape index (κ2) is 10.9. The van der Waals surface area contributed by atoms with Gasteiger partial charge in [0, 0.05) is 0 Å². The topological polar surface area (TPSA) is 144 Å². The fourth-order valence-corrected chi connectivity index (χ4v) is 3.16. The SMILES string of the molecule is CC(C)(C)OCCOC1OC(CO)C(OCCOP(=O)(O)C(C)(C)C)C(O)C1O. The first-order chi connectivity index (χ1) is 13.2. The average molecular weight is 444 g/mol. The zero-order chi connectivity index (χ0) is 22.5. The lowest BCUT2D eigenvalue weighted by Gasteiger charge is -2.41. The van der Waals surface area contributed by atoms with E-state index < -0.39 is 50.1 Å². The largest absolute Gasteiger partial charge is 0.394 e. The van der Waals surface area contributed by atoms with Crippen molar-refractivity contribution in [2.24, 2.45) is 0 Å². The molecule has 11 heteroatoms. The Morgan fingerprint density at radius 3 is 2.03 bits per heavy atom. The van der Waals surface area contributed by atoms with Crippen LogP contribution in [0.15, 0.2) is 0 Å². The van der Waals surface area contributed by atoms with Crippen molar-refractivity contribution in [3.05, 3.63) is 0 Å². The summed E-state index contributed by atoms with van der Waals surface area (Å²) >= 11 is 0. The quantitative estimate of drug-likeness (QED) is 0.280. The van der Waals surface area contributed by atoms with Gasteiger partial charge in [0.15, 0.2) is 6.29 Å². The number of aliphatic hydroxyl groups is 3. The molecule has 10 nitrogen and oxygen atoms in total. The number of rotatable bonds is 10. The predicted molar refractivity (Wildman–Crippen MR) is 105 cm³/mol. The van der Waals surface area contributed by atoms with Crippen molar-refractivity contribution in [2.75, 3.05) is 33.0 Å². The maximum absolute atomic E-state index is 12.1. The summed E-state index contributed by atoms with van der Waals surface area (Å²) in [6.45, 7) is 10.0. The number of hydrogen-bond acceptors (Lipinski definition) is 9. The van der Waals surface area contributed by atoms with Gasteiger partial charge in [-0.3, -0.25) is 4.57 Å². The van der Waals surface area contributed by atoms with Gasteiger partial charge >= 0.3 is 7.60 Å². The molecule has 0 aromatic rings. The lowest BCUT2D eigenvalue weighted by molar-refractivity contribution is -0.309. The Hall–Kier alpha value is -0.130. The molecule has 1 fully saturated rings. The lowest BCUT2D eigenvalue weighted by atomic mass is 9.99. The summed E-state index contributed by atoms with van der Waals surface area (Å²) in [6.07, 6.45) is -5.96. The Kier molecular flexibility index (Phi) is 10.2. The van der Waals surface area contributed by atoms with Crippen LogP contribution in [0.4, 0.5) is 0 Å². The van der Waals surface area contributed by atoms with Crippen LogP contribution in [0.2, 0.25) is 0 Å². The first-order valence-corrected chi connectivity index (χ1v) is 11.2. The lowest BCUT2D eigenvalue weighted by Crippen LogP contribution is -2.60. The minimum atomic E-state index is -3.84. The van der Waals surface area contributed by atoms with Crippen LogP contribution in [-0.2, 0) is 28.0 Å². The Labute approximate surface area is 172 Å². The summed E-state index contributed by atoms with van der Waals surface area (Å²) in [5.41, 5.74) is -0.338. The smallest absolute Gasteiger partial charge is 0.333 e. The van der Waals surface area contributed by atoms with Crippen molar-refractivity contribution in [1.29, 1.82) is 0 Å². The van der Waals surface area contributed by atoms with E-state index in [2.05, 4.69) is 0 Å². The van der Waals surface area contributed by atoms with E-state index in [4.69, 9.17) is 23.5 Å². The van der Waals surface area contributed by atoms with Gasteiger partial charge in [-0.2, -0.15) is 0 Å². The van der Waals surface area contributed by atoms with Gasteiger partial charge in [0.05, 0.1) is 43.8 Å². The van der Waals surface area contributed by atoms with Gasteiger partial charge in [-0.05, 0) is 41.5 Å². The summed E-state index contributed by atoms with van der Waals surface area (Å²) in [6, 6.07) is 0. The maximum Gasteiger partial charge on any atom is 0.333 e. The van der Waals surface area contributed by atoms with Crippen LogP contribution in [0.3, 0.4) is 0 Å². The molecule has 0 radical (unpaired) electrons. The van der Waals surface area contributed by atoms with Crippen molar-refractivity contribution in [2.45, 2.75) is 83.0 Å². The summed E-state index contributed by atoms with van der Waals surface area (Å²) in [4.78, 5) is 9.86. The highest BCUT2D eigenvalue weighted by Crippen LogP contribution is 2.54. The third-order valence-electron chi connectivity index (χ3n) is 4.23. The maximum atomic E-state index is 12.1. The van der Waals surface area contributed by atoms with E-state index in [0.717, 1.165) is 0 Å². The fraction of sp³-hybridized carbons (Fsp3) is 1.00. The van der Waals surface area contributed by atoms with Gasteiger partial charge in [0.2, 0.25) is 0 Å². The highest BCUT2D eigenvalue weighted by atomic mass is 31.2. The zero-order valence-corrected chi connectivity index (χ0v) is 19.0. The van der Waals surface area contributed by atoms with Crippen LogP contribution in [0, 0.1) is 0 Å². The Balaban J connectivity index is 2.52. The molecule has 1 aliphatic rings. The molecule has 6 unspecified atom stereocenters. The molecule has 0 amide bonds. The molecule has 174 valence electrons. The Morgan fingerprint density at radius 1 is 0.931 bits per heavy atom. The van der Waals surface area contributed by atoms with Crippen LogP contribution < -0.4 is 0 Å². The molecule has 0 saturated carbocycles. The summed E-state index contributed by atoms with van der Waals surface area (Å²) in [5, 5.41) is 29.2. The van der Waals surface area contributed by atoms with Crippen LogP contribution in [0.5, 0.6) is 0 Å². The van der Waals surface area contributed by atoms with Gasteiger partial charge < -0.3 is 43.7 Å². The minimum absolute atomic E-state index is 0.127. The molecule has 0 aromatic carbocycles. The molecular formula is C18H37O10P. The van der Waals surface area contributed by atoms with Crippen LogP contribution in [0.25, 0.3) is 0 Å². The van der Waals surface area contributed by atoms with Crippen LogP contribution in [-0.4, -0.2) is 94.7 Å². The number of hydrogen-bond donors (Lipinski definition) is 4. The zero-order valence-electron chi connectivity index (χ0n) is 18.1. The molecule has 1 rings (SSSR count). The van der Waals surface area contributed by atoms with E-state index in [9.17, 15) is 24.8 Å². The highest BCUT2D eigenvalue weighted by Gasteiger charge is 2.45. The molecule has 6 atom stereocenters. The molecule has 4 N–H and O–H groups in total. The molecule has 1 aliphatic heterocycles. The Morgan fingerprint density at radius 2 is 1.52 bits per heavy atom. The summed E-state index contributed by atoms with van der Waals surface area (Å²) in [7, 11) is -3.84. The molecule has 0 spiro atoms.